The van der Waals surface area contributed by atoms with E-state index < -0.39 is 23.5 Å². The van der Waals surface area contributed by atoms with Gasteiger partial charge < -0.3 is 30.7 Å². The van der Waals surface area contributed by atoms with Gasteiger partial charge in [0.1, 0.15) is 17.4 Å². The first-order valence-corrected chi connectivity index (χ1v) is 15.0. The summed E-state index contributed by atoms with van der Waals surface area (Å²) in [7, 11) is 1.53. The number of rotatable bonds is 7. The van der Waals surface area contributed by atoms with Crippen molar-refractivity contribution in [2.75, 3.05) is 25.9 Å². The van der Waals surface area contributed by atoms with E-state index in [1.807, 2.05) is 11.0 Å². The number of hydrogen-bond acceptors (Lipinski definition) is 7. The minimum atomic E-state index is -0.943. The molecule has 0 unspecified atom stereocenters. The Morgan fingerprint density at radius 2 is 1.95 bits per heavy atom. The Bertz CT molecular complexity index is 1570. The molecular weight excluding hydrogens is 560 g/mol. The van der Waals surface area contributed by atoms with Crippen molar-refractivity contribution in [3.63, 3.8) is 0 Å². The number of primary amides is 1. The van der Waals surface area contributed by atoms with Crippen LogP contribution in [0.1, 0.15) is 84.7 Å². The van der Waals surface area contributed by atoms with Gasteiger partial charge in [-0.3, -0.25) is 19.2 Å². The Hall–Kier alpha value is -4.52. The topological polar surface area (TPSA) is 145 Å². The third-order valence-electron chi connectivity index (χ3n) is 8.69. The highest BCUT2D eigenvalue weighted by Crippen LogP contribution is 2.57. The molecule has 2 aliphatic heterocycles. The van der Waals surface area contributed by atoms with Gasteiger partial charge in [-0.05, 0) is 82.3 Å². The average molecular weight is 601 g/mol. The second-order valence-electron chi connectivity index (χ2n) is 13.0. The zero-order chi connectivity index (χ0) is 31.8. The van der Waals surface area contributed by atoms with Gasteiger partial charge >= 0.3 is 5.97 Å². The molecule has 4 N–H and O–H groups in total. The zero-order valence-corrected chi connectivity index (χ0v) is 25.8. The lowest BCUT2D eigenvalue weighted by atomic mass is 9.91. The van der Waals surface area contributed by atoms with Crippen LogP contribution in [0.15, 0.2) is 36.4 Å². The van der Waals surface area contributed by atoms with Gasteiger partial charge in [0.15, 0.2) is 0 Å². The van der Waals surface area contributed by atoms with Crippen LogP contribution >= 0.6 is 0 Å². The summed E-state index contributed by atoms with van der Waals surface area (Å²) >= 11 is 0. The van der Waals surface area contributed by atoms with Crippen LogP contribution in [0, 0.1) is 23.2 Å². The molecule has 2 aromatic rings. The van der Waals surface area contributed by atoms with Crippen LogP contribution in [0.25, 0.3) is 0 Å². The molecule has 2 aromatic carbocycles. The molecular formula is C34H40N4O6. The second kappa shape index (κ2) is 11.9. The number of benzene rings is 2. The highest BCUT2D eigenvalue weighted by atomic mass is 16.6. The number of anilines is 1. The number of piperidine rings is 1. The lowest BCUT2D eigenvalue weighted by molar-refractivity contribution is -0.155. The van der Waals surface area contributed by atoms with Gasteiger partial charge in [-0.1, -0.05) is 17.9 Å². The van der Waals surface area contributed by atoms with E-state index in [9.17, 15) is 19.2 Å². The molecule has 5 rings (SSSR count). The fraction of sp³-hybridized carbons (Fsp3) is 0.471. The Labute approximate surface area is 258 Å². The van der Waals surface area contributed by atoms with Crippen molar-refractivity contribution in [1.29, 1.82) is 0 Å². The summed E-state index contributed by atoms with van der Waals surface area (Å²) in [6.45, 7) is 6.82. The van der Waals surface area contributed by atoms with Crippen molar-refractivity contribution in [3.05, 3.63) is 58.7 Å². The maximum atomic E-state index is 13.3. The third-order valence-corrected chi connectivity index (χ3v) is 8.69. The lowest BCUT2D eigenvalue weighted by Gasteiger charge is -2.33. The van der Waals surface area contributed by atoms with E-state index in [0.29, 0.717) is 35.7 Å². The maximum absolute atomic E-state index is 13.3. The Balaban J connectivity index is 1.27. The van der Waals surface area contributed by atoms with Crippen molar-refractivity contribution in [1.82, 2.24) is 9.80 Å². The summed E-state index contributed by atoms with van der Waals surface area (Å²) in [5.41, 5.74) is 13.9. The summed E-state index contributed by atoms with van der Waals surface area (Å²) in [6.07, 6.45) is 2.85. The molecule has 1 spiro atoms. The Kier molecular flexibility index (Phi) is 8.34. The van der Waals surface area contributed by atoms with E-state index >= 15 is 0 Å². The number of methoxy groups -OCH3 is 1. The van der Waals surface area contributed by atoms with Crippen LogP contribution in [0.3, 0.4) is 0 Å². The number of hydrogen-bond donors (Lipinski definition) is 2. The number of fused-ring (bicyclic) bond motifs is 1. The van der Waals surface area contributed by atoms with Crippen LogP contribution in [0.4, 0.5) is 5.69 Å². The summed E-state index contributed by atoms with van der Waals surface area (Å²) in [4.78, 5) is 54.6. The molecule has 1 saturated carbocycles. The average Bonchev–Trinajstić information content (AvgIpc) is 3.51. The van der Waals surface area contributed by atoms with E-state index in [0.717, 1.165) is 30.4 Å². The number of esters is 1. The normalized spacial score (nSPS) is 21.3. The summed E-state index contributed by atoms with van der Waals surface area (Å²) in [5, 5.41) is 0. The molecule has 0 radical (unpaired) electrons. The van der Waals surface area contributed by atoms with Crippen molar-refractivity contribution in [2.24, 2.45) is 17.1 Å². The molecule has 3 atom stereocenters. The SMILES string of the molecule is COc1cc(C(=O)N2CCC[C@@]3(C[C@@H]3C#Cc3cccc4c3CN([C@@H](CCC(=O)OC(C)(C)C)C(N)=O)C4=O)C2)ccc1N. The molecule has 44 heavy (non-hydrogen) atoms. The molecule has 2 fully saturated rings. The van der Waals surface area contributed by atoms with Crippen LogP contribution in [0.5, 0.6) is 5.75 Å². The van der Waals surface area contributed by atoms with E-state index in [2.05, 4.69) is 11.8 Å². The molecule has 10 nitrogen and oxygen atoms in total. The van der Waals surface area contributed by atoms with Crippen molar-refractivity contribution in [3.8, 4) is 17.6 Å². The number of likely N-dealkylation sites (tertiary alicyclic amines) is 1. The van der Waals surface area contributed by atoms with Crippen LogP contribution < -0.4 is 16.2 Å². The van der Waals surface area contributed by atoms with E-state index in [4.69, 9.17) is 20.9 Å². The molecule has 0 aromatic heterocycles. The van der Waals surface area contributed by atoms with Gasteiger partial charge in [0.05, 0.1) is 12.8 Å². The summed E-state index contributed by atoms with van der Waals surface area (Å²) in [5.74, 6) is 5.88. The van der Waals surface area contributed by atoms with Crippen LogP contribution in [-0.2, 0) is 20.9 Å². The minimum absolute atomic E-state index is 0.0349. The number of amides is 3. The number of ether oxygens (including phenoxy) is 2. The first kappa shape index (κ1) is 30.9. The number of carbonyl (C=O) groups is 4. The van der Waals surface area contributed by atoms with Crippen LogP contribution in [-0.4, -0.2) is 65.3 Å². The molecule has 10 heteroatoms. The Morgan fingerprint density at radius 3 is 2.66 bits per heavy atom. The molecule has 232 valence electrons. The van der Waals surface area contributed by atoms with Gasteiger partial charge in [0.2, 0.25) is 5.91 Å². The fourth-order valence-corrected chi connectivity index (χ4v) is 6.35. The Morgan fingerprint density at radius 1 is 1.18 bits per heavy atom. The van der Waals surface area contributed by atoms with Gasteiger partial charge in [-0.2, -0.15) is 0 Å². The smallest absolute Gasteiger partial charge is 0.306 e. The summed E-state index contributed by atoms with van der Waals surface area (Å²) in [6, 6.07) is 9.55. The first-order valence-electron chi connectivity index (χ1n) is 15.0. The lowest BCUT2D eigenvalue weighted by Crippen LogP contribution is -2.45. The highest BCUT2D eigenvalue weighted by molar-refractivity contribution is 6.01. The summed E-state index contributed by atoms with van der Waals surface area (Å²) < 4.78 is 10.7. The highest BCUT2D eigenvalue weighted by Gasteiger charge is 2.55. The van der Waals surface area contributed by atoms with Gasteiger partial charge in [-0.15, -0.1) is 0 Å². The number of nitrogen functional groups attached to an aromatic ring is 1. The molecule has 3 amide bonds. The molecule has 3 aliphatic rings. The standard InChI is InChI=1S/C34H40N4O6/c1-33(2,3)44-29(39)14-13-27(30(36)40)38-19-25-21(7-5-8-24(25)32(38)42)9-11-23-18-34(23)15-6-16-37(20-34)31(41)22-10-12-26(35)28(17-22)43-4/h5,7-8,10,12,17,23,27H,6,13-16,18-20,35H2,1-4H3,(H2,36,40)/t23-,27-,34+/m0/s1. The number of nitrogens with zero attached hydrogens (tertiary/aromatic N) is 2. The largest absolute Gasteiger partial charge is 0.495 e. The quantitative estimate of drug-likeness (QED) is 0.281. The van der Waals surface area contributed by atoms with Crippen LogP contribution in [0.2, 0.25) is 0 Å². The maximum Gasteiger partial charge on any atom is 0.306 e. The molecule has 2 heterocycles. The number of nitrogens with two attached hydrogens (primary N) is 2. The van der Waals surface area contributed by atoms with Crippen molar-refractivity contribution >= 4 is 29.4 Å². The zero-order valence-electron chi connectivity index (χ0n) is 25.8. The van der Waals surface area contributed by atoms with E-state index in [-0.39, 0.29) is 42.5 Å². The minimum Gasteiger partial charge on any atom is -0.495 e. The fourth-order valence-electron chi connectivity index (χ4n) is 6.35. The molecule has 1 aliphatic carbocycles. The first-order chi connectivity index (χ1) is 20.8. The predicted molar refractivity (Wildman–Crippen MR) is 164 cm³/mol. The molecule has 0 bridgehead atoms. The predicted octanol–water partition coefficient (Wildman–Crippen LogP) is 3.50. The molecule has 1 saturated heterocycles. The van der Waals surface area contributed by atoms with Crippen molar-refractivity contribution < 1.29 is 28.7 Å². The van der Waals surface area contributed by atoms with E-state index in [1.54, 1.807) is 51.1 Å². The van der Waals surface area contributed by atoms with Gasteiger partial charge in [0.25, 0.3) is 11.8 Å². The second-order valence-corrected chi connectivity index (χ2v) is 13.0. The number of carbonyl (C=O) groups excluding carboxylic acids is 4. The third kappa shape index (κ3) is 6.37. The van der Waals surface area contributed by atoms with Gasteiger partial charge in [-0.25, -0.2) is 0 Å². The monoisotopic (exact) mass is 600 g/mol. The van der Waals surface area contributed by atoms with Crippen molar-refractivity contribution in [2.45, 2.75) is 71.1 Å². The van der Waals surface area contributed by atoms with Gasteiger partial charge in [0, 0.05) is 54.1 Å². The van der Waals surface area contributed by atoms with E-state index in [1.165, 1.54) is 12.0 Å².